The van der Waals surface area contributed by atoms with Gasteiger partial charge in [-0.3, -0.25) is 9.59 Å². The number of morpholine rings is 1. The highest BCUT2D eigenvalue weighted by molar-refractivity contribution is 6.34. The fourth-order valence-electron chi connectivity index (χ4n) is 2.34. The van der Waals surface area contributed by atoms with Crippen LogP contribution in [-0.2, 0) is 19.1 Å². The normalized spacial score (nSPS) is 19.4. The monoisotopic (exact) mass is 299 g/mol. The fourth-order valence-corrected chi connectivity index (χ4v) is 2.34. The zero-order valence-electron chi connectivity index (χ0n) is 12.2. The first-order chi connectivity index (χ1) is 10.1. The molecule has 2 heterocycles. The molecule has 2 fully saturated rings. The van der Waals surface area contributed by atoms with E-state index in [2.05, 4.69) is 0 Å². The van der Waals surface area contributed by atoms with Gasteiger partial charge in [0.15, 0.2) is 0 Å². The first-order valence-electron chi connectivity index (χ1n) is 7.21. The highest BCUT2D eigenvalue weighted by atomic mass is 16.6. The Morgan fingerprint density at radius 3 is 1.86 bits per heavy atom. The Labute approximate surface area is 123 Å². The van der Waals surface area contributed by atoms with Crippen LogP contribution in [0.2, 0.25) is 0 Å². The molecular weight excluding hydrogens is 278 g/mol. The number of ether oxygens (including phenoxy) is 2. The molecule has 0 N–H and O–H groups in total. The van der Waals surface area contributed by atoms with Crippen molar-refractivity contribution in [1.29, 1.82) is 0 Å². The van der Waals surface area contributed by atoms with Gasteiger partial charge < -0.3 is 24.2 Å². The smallest absolute Gasteiger partial charge is 0.409 e. The van der Waals surface area contributed by atoms with Crippen molar-refractivity contribution in [2.45, 2.75) is 6.92 Å². The number of hydrogen-bond donors (Lipinski definition) is 0. The predicted molar refractivity (Wildman–Crippen MR) is 72.6 cm³/mol. The lowest BCUT2D eigenvalue weighted by molar-refractivity contribution is -0.154. The summed E-state index contributed by atoms with van der Waals surface area (Å²) in [4.78, 5) is 40.4. The third-order valence-electron chi connectivity index (χ3n) is 3.57. The van der Waals surface area contributed by atoms with Crippen LogP contribution in [0.25, 0.3) is 0 Å². The van der Waals surface area contributed by atoms with Crippen LogP contribution >= 0.6 is 0 Å². The third kappa shape index (κ3) is 3.84. The van der Waals surface area contributed by atoms with E-state index in [0.29, 0.717) is 59.1 Å². The third-order valence-corrected chi connectivity index (χ3v) is 3.57. The van der Waals surface area contributed by atoms with Crippen LogP contribution in [0.1, 0.15) is 6.92 Å². The molecule has 2 aliphatic heterocycles. The molecule has 0 radical (unpaired) electrons. The molecular formula is C13H21N3O5. The summed E-state index contributed by atoms with van der Waals surface area (Å²) in [5, 5.41) is 0. The second-order valence-electron chi connectivity index (χ2n) is 4.88. The van der Waals surface area contributed by atoms with Gasteiger partial charge >= 0.3 is 17.9 Å². The molecule has 2 saturated heterocycles. The first kappa shape index (κ1) is 15.6. The molecule has 0 aromatic carbocycles. The second-order valence-corrected chi connectivity index (χ2v) is 4.88. The molecule has 0 saturated carbocycles. The molecule has 8 heteroatoms. The molecule has 3 amide bonds. The van der Waals surface area contributed by atoms with Crippen molar-refractivity contribution in [2.75, 3.05) is 59.1 Å². The zero-order chi connectivity index (χ0) is 15.2. The van der Waals surface area contributed by atoms with Gasteiger partial charge in [-0.15, -0.1) is 0 Å². The van der Waals surface area contributed by atoms with E-state index in [-0.39, 0.29) is 6.09 Å². The van der Waals surface area contributed by atoms with E-state index in [9.17, 15) is 14.4 Å². The average molecular weight is 299 g/mol. The van der Waals surface area contributed by atoms with Gasteiger partial charge in [-0.2, -0.15) is 0 Å². The van der Waals surface area contributed by atoms with E-state index in [0.717, 1.165) is 0 Å². The number of piperazine rings is 1. The van der Waals surface area contributed by atoms with E-state index in [4.69, 9.17) is 9.47 Å². The topological polar surface area (TPSA) is 79.4 Å². The molecule has 2 aliphatic rings. The van der Waals surface area contributed by atoms with Gasteiger partial charge in [0.25, 0.3) is 0 Å². The minimum Gasteiger partial charge on any atom is -0.450 e. The Kier molecular flexibility index (Phi) is 5.38. The number of nitrogens with zero attached hydrogens (tertiary/aromatic N) is 3. The van der Waals surface area contributed by atoms with E-state index in [1.165, 1.54) is 9.80 Å². The number of rotatable bonds is 1. The summed E-state index contributed by atoms with van der Waals surface area (Å²) < 4.78 is 10.1. The standard InChI is InChI=1S/C13H21N3O5/c1-2-21-13(19)16-5-3-14(4-6-16)11(17)12(18)15-7-9-20-10-8-15/h2-10H2,1H3. The maximum Gasteiger partial charge on any atom is 0.409 e. The van der Waals surface area contributed by atoms with Crippen LogP contribution < -0.4 is 0 Å². The van der Waals surface area contributed by atoms with E-state index in [1.807, 2.05) is 0 Å². The Hall–Kier alpha value is -1.83. The number of hydrogen-bond acceptors (Lipinski definition) is 5. The maximum absolute atomic E-state index is 12.2. The van der Waals surface area contributed by atoms with Crippen molar-refractivity contribution in [3.8, 4) is 0 Å². The van der Waals surface area contributed by atoms with Crippen molar-refractivity contribution in [2.24, 2.45) is 0 Å². The second kappa shape index (κ2) is 7.26. The Morgan fingerprint density at radius 1 is 0.857 bits per heavy atom. The van der Waals surface area contributed by atoms with Crippen LogP contribution in [0.4, 0.5) is 4.79 Å². The molecule has 0 spiro atoms. The molecule has 0 atom stereocenters. The molecule has 2 rings (SSSR count). The van der Waals surface area contributed by atoms with Crippen LogP contribution in [-0.4, -0.2) is 91.7 Å². The summed E-state index contributed by atoms with van der Waals surface area (Å²) in [7, 11) is 0. The van der Waals surface area contributed by atoms with Gasteiger partial charge in [-0.25, -0.2) is 4.79 Å². The summed E-state index contributed by atoms with van der Waals surface area (Å²) in [6.45, 7) is 5.40. The Balaban J connectivity index is 1.82. The SMILES string of the molecule is CCOC(=O)N1CCN(C(=O)C(=O)N2CCOCC2)CC1. The minimum absolute atomic E-state index is 0.327. The molecule has 118 valence electrons. The van der Waals surface area contributed by atoms with E-state index < -0.39 is 11.8 Å². The quantitative estimate of drug-likeness (QED) is 0.589. The van der Waals surface area contributed by atoms with Gasteiger partial charge in [0, 0.05) is 39.3 Å². The minimum atomic E-state index is -0.500. The summed E-state index contributed by atoms with van der Waals surface area (Å²) in [5.74, 6) is -0.983. The number of carbonyl (C=O) groups is 3. The van der Waals surface area contributed by atoms with Crippen LogP contribution in [0.15, 0.2) is 0 Å². The number of amides is 3. The van der Waals surface area contributed by atoms with Crippen molar-refractivity contribution in [3.05, 3.63) is 0 Å². The van der Waals surface area contributed by atoms with Gasteiger partial charge in [0.1, 0.15) is 0 Å². The van der Waals surface area contributed by atoms with Crippen LogP contribution in [0.5, 0.6) is 0 Å². The molecule has 8 nitrogen and oxygen atoms in total. The van der Waals surface area contributed by atoms with Crippen molar-refractivity contribution < 1.29 is 23.9 Å². The van der Waals surface area contributed by atoms with Crippen LogP contribution in [0, 0.1) is 0 Å². The highest BCUT2D eigenvalue weighted by Gasteiger charge is 2.31. The lowest BCUT2D eigenvalue weighted by Gasteiger charge is -2.35. The summed E-state index contributed by atoms with van der Waals surface area (Å²) in [6, 6.07) is 0. The largest absolute Gasteiger partial charge is 0.450 e. The molecule has 0 aromatic heterocycles. The zero-order valence-corrected chi connectivity index (χ0v) is 12.2. The van der Waals surface area contributed by atoms with Gasteiger partial charge in [0.05, 0.1) is 19.8 Å². The van der Waals surface area contributed by atoms with Gasteiger partial charge in [0.2, 0.25) is 0 Å². The Bertz CT molecular complexity index is 401. The predicted octanol–water partition coefficient (Wildman–Crippen LogP) is -0.854. The fraction of sp³-hybridized carbons (Fsp3) is 0.769. The van der Waals surface area contributed by atoms with Gasteiger partial charge in [-0.1, -0.05) is 0 Å². The van der Waals surface area contributed by atoms with Crippen LogP contribution in [0.3, 0.4) is 0 Å². The maximum atomic E-state index is 12.2. The molecule has 21 heavy (non-hydrogen) atoms. The average Bonchev–Trinajstić information content (AvgIpc) is 2.54. The van der Waals surface area contributed by atoms with Crippen molar-refractivity contribution in [1.82, 2.24) is 14.7 Å². The molecule has 0 unspecified atom stereocenters. The van der Waals surface area contributed by atoms with Crippen molar-refractivity contribution in [3.63, 3.8) is 0 Å². The Morgan fingerprint density at radius 2 is 1.33 bits per heavy atom. The molecule has 0 aromatic rings. The first-order valence-corrected chi connectivity index (χ1v) is 7.21. The highest BCUT2D eigenvalue weighted by Crippen LogP contribution is 2.07. The summed E-state index contributed by atoms with van der Waals surface area (Å²) >= 11 is 0. The van der Waals surface area contributed by atoms with E-state index in [1.54, 1.807) is 11.8 Å². The molecule has 0 bridgehead atoms. The van der Waals surface area contributed by atoms with Gasteiger partial charge in [-0.05, 0) is 6.92 Å². The lowest BCUT2D eigenvalue weighted by atomic mass is 10.3. The summed E-state index contributed by atoms with van der Waals surface area (Å²) in [6.07, 6.45) is -0.371. The van der Waals surface area contributed by atoms with Crippen molar-refractivity contribution >= 4 is 17.9 Å². The summed E-state index contributed by atoms with van der Waals surface area (Å²) in [5.41, 5.74) is 0. The molecule has 0 aliphatic carbocycles. The van der Waals surface area contributed by atoms with E-state index >= 15 is 0 Å². The lowest BCUT2D eigenvalue weighted by Crippen LogP contribution is -2.55. The number of carbonyl (C=O) groups excluding carboxylic acids is 3.